The number of carbonyl (C=O) groups excluding carboxylic acids is 1. The molecule has 17 heavy (non-hydrogen) atoms. The standard InChI is InChI=1S/C13H19IN2O/c1-10(2)15-9-5-8-13(17)16-12-7-4-3-6-11(12)14/h3-4,6-7,10,15H,5,8-9H2,1-2H3,(H,16,17). The molecule has 0 aliphatic heterocycles. The minimum atomic E-state index is 0.0830. The monoisotopic (exact) mass is 346 g/mol. The first-order chi connectivity index (χ1) is 8.09. The molecule has 0 heterocycles. The lowest BCUT2D eigenvalue weighted by Crippen LogP contribution is -2.24. The molecule has 1 rings (SSSR count). The van der Waals surface area contributed by atoms with E-state index in [0.717, 1.165) is 22.2 Å². The first-order valence-corrected chi connectivity index (χ1v) is 6.95. The van der Waals surface area contributed by atoms with Crippen LogP contribution in [0.4, 0.5) is 5.69 Å². The number of hydrogen-bond donors (Lipinski definition) is 2. The molecule has 0 aliphatic rings. The quantitative estimate of drug-likeness (QED) is 0.614. The van der Waals surface area contributed by atoms with Gasteiger partial charge in [0.2, 0.25) is 5.91 Å². The molecule has 0 fully saturated rings. The lowest BCUT2D eigenvalue weighted by Gasteiger charge is -2.09. The lowest BCUT2D eigenvalue weighted by atomic mass is 10.2. The Morgan fingerprint density at radius 2 is 2.06 bits per heavy atom. The number of anilines is 1. The van der Waals surface area contributed by atoms with Crippen LogP contribution in [0.25, 0.3) is 0 Å². The van der Waals surface area contributed by atoms with Crippen LogP contribution in [0.1, 0.15) is 26.7 Å². The second kappa shape index (κ2) is 7.66. The van der Waals surface area contributed by atoms with Gasteiger partial charge in [-0.3, -0.25) is 4.79 Å². The molecule has 1 amide bonds. The summed E-state index contributed by atoms with van der Waals surface area (Å²) in [6.07, 6.45) is 1.43. The number of carbonyl (C=O) groups is 1. The van der Waals surface area contributed by atoms with Gasteiger partial charge < -0.3 is 10.6 Å². The molecular weight excluding hydrogens is 327 g/mol. The highest BCUT2D eigenvalue weighted by molar-refractivity contribution is 14.1. The molecular formula is C13H19IN2O. The van der Waals surface area contributed by atoms with Gasteiger partial charge in [-0.1, -0.05) is 26.0 Å². The third-order valence-corrected chi connectivity index (χ3v) is 3.22. The van der Waals surface area contributed by atoms with Crippen molar-refractivity contribution in [3.05, 3.63) is 27.8 Å². The first-order valence-electron chi connectivity index (χ1n) is 5.87. The van der Waals surface area contributed by atoms with Crippen LogP contribution in [0.5, 0.6) is 0 Å². The van der Waals surface area contributed by atoms with Crippen molar-refractivity contribution in [3.63, 3.8) is 0 Å². The van der Waals surface area contributed by atoms with Crippen LogP contribution in [0.2, 0.25) is 0 Å². The molecule has 1 aromatic rings. The highest BCUT2D eigenvalue weighted by Gasteiger charge is 2.04. The van der Waals surface area contributed by atoms with Crippen molar-refractivity contribution in [2.75, 3.05) is 11.9 Å². The van der Waals surface area contributed by atoms with E-state index in [2.05, 4.69) is 47.1 Å². The van der Waals surface area contributed by atoms with Gasteiger partial charge in [-0.05, 0) is 47.7 Å². The SMILES string of the molecule is CC(C)NCCCC(=O)Nc1ccccc1I. The van der Waals surface area contributed by atoms with Crippen molar-refractivity contribution in [2.24, 2.45) is 0 Å². The average molecular weight is 346 g/mol. The van der Waals surface area contributed by atoms with Crippen molar-refractivity contribution in [1.29, 1.82) is 0 Å². The summed E-state index contributed by atoms with van der Waals surface area (Å²) in [5.74, 6) is 0.0830. The zero-order valence-electron chi connectivity index (χ0n) is 10.3. The molecule has 3 nitrogen and oxygen atoms in total. The Kier molecular flexibility index (Phi) is 6.50. The van der Waals surface area contributed by atoms with E-state index in [9.17, 15) is 4.79 Å². The lowest BCUT2D eigenvalue weighted by molar-refractivity contribution is -0.116. The third-order valence-electron chi connectivity index (χ3n) is 2.28. The van der Waals surface area contributed by atoms with Crippen LogP contribution in [0.15, 0.2) is 24.3 Å². The van der Waals surface area contributed by atoms with Crippen LogP contribution < -0.4 is 10.6 Å². The molecule has 0 bridgehead atoms. The number of halogens is 1. The summed E-state index contributed by atoms with van der Waals surface area (Å²) in [7, 11) is 0. The Hall–Kier alpha value is -0.620. The fourth-order valence-electron chi connectivity index (χ4n) is 1.41. The fourth-order valence-corrected chi connectivity index (χ4v) is 1.94. The first kappa shape index (κ1) is 14.4. The second-order valence-corrected chi connectivity index (χ2v) is 5.40. The number of para-hydroxylation sites is 1. The van der Waals surface area contributed by atoms with Gasteiger partial charge >= 0.3 is 0 Å². The molecule has 0 aliphatic carbocycles. The third kappa shape index (κ3) is 6.02. The van der Waals surface area contributed by atoms with Gasteiger partial charge in [0.05, 0.1) is 5.69 Å². The van der Waals surface area contributed by atoms with Crippen LogP contribution in [0.3, 0.4) is 0 Å². The highest BCUT2D eigenvalue weighted by Crippen LogP contribution is 2.17. The minimum absolute atomic E-state index is 0.0830. The van der Waals surface area contributed by atoms with Gasteiger partial charge in [-0.25, -0.2) is 0 Å². The Balaban J connectivity index is 2.28. The van der Waals surface area contributed by atoms with E-state index in [1.165, 1.54) is 0 Å². The van der Waals surface area contributed by atoms with E-state index in [1.54, 1.807) is 0 Å². The summed E-state index contributed by atoms with van der Waals surface area (Å²) >= 11 is 2.22. The number of benzene rings is 1. The molecule has 2 N–H and O–H groups in total. The zero-order chi connectivity index (χ0) is 12.7. The van der Waals surface area contributed by atoms with E-state index < -0.39 is 0 Å². The van der Waals surface area contributed by atoms with Crippen molar-refractivity contribution in [2.45, 2.75) is 32.7 Å². The largest absolute Gasteiger partial charge is 0.325 e. The summed E-state index contributed by atoms with van der Waals surface area (Å²) in [4.78, 5) is 11.7. The molecule has 0 unspecified atom stereocenters. The van der Waals surface area contributed by atoms with E-state index in [1.807, 2.05) is 24.3 Å². The molecule has 0 saturated heterocycles. The van der Waals surface area contributed by atoms with E-state index in [4.69, 9.17) is 0 Å². The van der Waals surface area contributed by atoms with E-state index >= 15 is 0 Å². The number of rotatable bonds is 6. The van der Waals surface area contributed by atoms with Gasteiger partial charge in [0.15, 0.2) is 0 Å². The Bertz CT molecular complexity index is 366. The number of nitrogens with one attached hydrogen (secondary N) is 2. The highest BCUT2D eigenvalue weighted by atomic mass is 127. The topological polar surface area (TPSA) is 41.1 Å². The van der Waals surface area contributed by atoms with Crippen molar-refractivity contribution in [1.82, 2.24) is 5.32 Å². The summed E-state index contributed by atoms with van der Waals surface area (Å²) in [5, 5.41) is 6.22. The fraction of sp³-hybridized carbons (Fsp3) is 0.462. The van der Waals surface area contributed by atoms with Gasteiger partial charge in [-0.2, -0.15) is 0 Å². The zero-order valence-corrected chi connectivity index (χ0v) is 12.5. The smallest absolute Gasteiger partial charge is 0.224 e. The summed E-state index contributed by atoms with van der Waals surface area (Å²) in [6, 6.07) is 8.28. The van der Waals surface area contributed by atoms with Crippen LogP contribution >= 0.6 is 22.6 Å². The van der Waals surface area contributed by atoms with Crippen LogP contribution in [-0.2, 0) is 4.79 Å². The maximum Gasteiger partial charge on any atom is 0.224 e. The molecule has 1 aromatic carbocycles. The maximum absolute atomic E-state index is 11.7. The molecule has 0 aromatic heterocycles. The Labute approximate surface area is 117 Å². The van der Waals surface area contributed by atoms with Gasteiger partial charge in [0, 0.05) is 16.0 Å². The maximum atomic E-state index is 11.7. The predicted octanol–water partition coefficient (Wildman–Crippen LogP) is 3.01. The van der Waals surface area contributed by atoms with E-state index in [-0.39, 0.29) is 5.91 Å². The van der Waals surface area contributed by atoms with Crippen molar-refractivity contribution < 1.29 is 4.79 Å². The van der Waals surface area contributed by atoms with Gasteiger partial charge in [-0.15, -0.1) is 0 Å². The molecule has 4 heteroatoms. The Morgan fingerprint density at radius 3 is 2.71 bits per heavy atom. The molecule has 94 valence electrons. The number of hydrogen-bond acceptors (Lipinski definition) is 2. The van der Waals surface area contributed by atoms with Crippen LogP contribution in [-0.4, -0.2) is 18.5 Å². The summed E-state index contributed by atoms with van der Waals surface area (Å²) in [5.41, 5.74) is 0.898. The van der Waals surface area contributed by atoms with Crippen molar-refractivity contribution >= 4 is 34.2 Å². The van der Waals surface area contributed by atoms with Gasteiger partial charge in [0.25, 0.3) is 0 Å². The van der Waals surface area contributed by atoms with E-state index in [0.29, 0.717) is 12.5 Å². The molecule has 0 radical (unpaired) electrons. The molecule has 0 saturated carbocycles. The molecule has 0 spiro atoms. The molecule has 0 atom stereocenters. The minimum Gasteiger partial charge on any atom is -0.325 e. The number of amides is 1. The predicted molar refractivity (Wildman–Crippen MR) is 80.2 cm³/mol. The van der Waals surface area contributed by atoms with Crippen LogP contribution in [0, 0.1) is 3.57 Å². The van der Waals surface area contributed by atoms with Gasteiger partial charge in [0.1, 0.15) is 0 Å². The second-order valence-electron chi connectivity index (χ2n) is 4.24. The Morgan fingerprint density at radius 1 is 1.35 bits per heavy atom. The average Bonchev–Trinajstić information content (AvgIpc) is 2.27. The normalized spacial score (nSPS) is 10.6. The summed E-state index contributed by atoms with van der Waals surface area (Å²) < 4.78 is 1.07. The van der Waals surface area contributed by atoms with Crippen molar-refractivity contribution in [3.8, 4) is 0 Å². The summed E-state index contributed by atoms with van der Waals surface area (Å²) in [6.45, 7) is 5.09.